The van der Waals surface area contributed by atoms with E-state index in [0.717, 1.165) is 10.6 Å². The molecule has 1 aromatic carbocycles. The number of nitrogens with one attached hydrogen (secondary N) is 1. The summed E-state index contributed by atoms with van der Waals surface area (Å²) in [7, 11) is 0. The van der Waals surface area contributed by atoms with Crippen molar-refractivity contribution in [3.05, 3.63) is 29.8 Å². The van der Waals surface area contributed by atoms with Gasteiger partial charge >= 0.3 is 0 Å². The topological polar surface area (TPSA) is 54.9 Å². The molecule has 0 aliphatic carbocycles. The quantitative estimate of drug-likeness (QED) is 0.880. The summed E-state index contributed by atoms with van der Waals surface area (Å²) in [6.45, 7) is 3.64. The van der Waals surface area contributed by atoms with Gasteiger partial charge in [0.15, 0.2) is 0 Å². The Balaban J connectivity index is 2.15. The number of carbonyl (C=O) groups excluding carboxylic acids is 1. The summed E-state index contributed by atoms with van der Waals surface area (Å²) in [5, 5.41) is 11.2. The third-order valence-corrected chi connectivity index (χ3v) is 3.40. The molecule has 0 spiro atoms. The van der Waals surface area contributed by atoms with Crippen molar-refractivity contribution in [2.24, 2.45) is 0 Å². The Bertz CT molecular complexity index is 551. The third-order valence-electron chi connectivity index (χ3n) is 2.31. The van der Waals surface area contributed by atoms with E-state index in [1.165, 1.54) is 16.9 Å². The highest BCUT2D eigenvalue weighted by atomic mass is 35.5. The summed E-state index contributed by atoms with van der Waals surface area (Å²) >= 11 is 6.99. The van der Waals surface area contributed by atoms with Gasteiger partial charge in [-0.25, -0.2) is 0 Å². The van der Waals surface area contributed by atoms with Gasteiger partial charge in [0.25, 0.3) is 0 Å². The van der Waals surface area contributed by atoms with Crippen molar-refractivity contribution in [3.63, 3.8) is 0 Å². The smallest absolute Gasteiger partial charge is 0.243 e. The predicted octanol–water partition coefficient (Wildman–Crippen LogP) is 3.08. The number of carbonyl (C=O) groups is 1. The van der Waals surface area contributed by atoms with Gasteiger partial charge in [-0.3, -0.25) is 10.1 Å². The molecular weight excluding hydrogens is 270 g/mol. The largest absolute Gasteiger partial charge is 0.299 e. The third kappa shape index (κ3) is 3.05. The zero-order valence-corrected chi connectivity index (χ0v) is 11.5. The van der Waals surface area contributed by atoms with E-state index in [1.54, 1.807) is 6.92 Å². The Labute approximate surface area is 114 Å². The lowest BCUT2D eigenvalue weighted by Gasteiger charge is -2.00. The average molecular weight is 282 g/mol. The minimum atomic E-state index is -0.586. The number of rotatable bonds is 3. The fourth-order valence-electron chi connectivity index (χ4n) is 1.29. The van der Waals surface area contributed by atoms with E-state index in [9.17, 15) is 4.79 Å². The maximum absolute atomic E-state index is 11.4. The molecule has 0 bridgehead atoms. The van der Waals surface area contributed by atoms with Gasteiger partial charge in [0.05, 0.1) is 0 Å². The molecule has 1 N–H and O–H groups in total. The van der Waals surface area contributed by atoms with E-state index in [0.29, 0.717) is 5.13 Å². The maximum Gasteiger partial charge on any atom is 0.243 e. The van der Waals surface area contributed by atoms with Crippen LogP contribution in [-0.4, -0.2) is 21.5 Å². The van der Waals surface area contributed by atoms with Crippen LogP contribution in [0, 0.1) is 6.92 Å². The Morgan fingerprint density at radius 3 is 2.61 bits per heavy atom. The summed E-state index contributed by atoms with van der Waals surface area (Å²) in [5.74, 6) is -0.275. The number of aryl methyl sites for hydroxylation is 1. The second-order valence-electron chi connectivity index (χ2n) is 3.88. The maximum atomic E-state index is 11.4. The van der Waals surface area contributed by atoms with Crippen molar-refractivity contribution in [1.82, 2.24) is 10.2 Å². The monoisotopic (exact) mass is 281 g/mol. The highest BCUT2D eigenvalue weighted by Crippen LogP contribution is 2.26. The molecule has 0 saturated carbocycles. The molecule has 1 aromatic heterocycles. The average Bonchev–Trinajstić information content (AvgIpc) is 2.78. The number of aromatic nitrogens is 2. The lowest BCUT2D eigenvalue weighted by atomic mass is 10.2. The van der Waals surface area contributed by atoms with E-state index >= 15 is 0 Å². The van der Waals surface area contributed by atoms with Crippen molar-refractivity contribution < 1.29 is 4.79 Å². The molecule has 0 aliphatic rings. The molecule has 1 heterocycles. The van der Waals surface area contributed by atoms with Crippen molar-refractivity contribution in [2.75, 3.05) is 5.32 Å². The molecule has 4 nitrogen and oxygen atoms in total. The highest BCUT2D eigenvalue weighted by molar-refractivity contribution is 7.18. The molecule has 1 amide bonds. The first-order valence-corrected chi connectivity index (χ1v) is 6.67. The lowest BCUT2D eigenvalue weighted by Crippen LogP contribution is -2.20. The Morgan fingerprint density at radius 1 is 1.33 bits per heavy atom. The van der Waals surface area contributed by atoms with Gasteiger partial charge in [0, 0.05) is 5.56 Å². The van der Waals surface area contributed by atoms with Crippen molar-refractivity contribution >= 4 is 34.0 Å². The van der Waals surface area contributed by atoms with Gasteiger partial charge in [-0.15, -0.1) is 21.8 Å². The van der Waals surface area contributed by atoms with Gasteiger partial charge in [0.2, 0.25) is 11.0 Å². The van der Waals surface area contributed by atoms with Crippen LogP contribution in [0.1, 0.15) is 12.5 Å². The predicted molar refractivity (Wildman–Crippen MR) is 74.0 cm³/mol. The number of benzene rings is 1. The Morgan fingerprint density at radius 2 is 2.00 bits per heavy atom. The van der Waals surface area contributed by atoms with Gasteiger partial charge in [-0.05, 0) is 13.8 Å². The molecular formula is C12H12ClN3OS. The molecule has 0 fully saturated rings. The van der Waals surface area contributed by atoms with Crippen molar-refractivity contribution in [1.29, 1.82) is 0 Å². The van der Waals surface area contributed by atoms with Crippen LogP contribution in [0.2, 0.25) is 0 Å². The number of nitrogens with zero attached hydrogens (tertiary/aromatic N) is 2. The fraction of sp³-hybridized carbons (Fsp3) is 0.250. The molecule has 0 aliphatic heterocycles. The van der Waals surface area contributed by atoms with E-state index < -0.39 is 5.38 Å². The van der Waals surface area contributed by atoms with Gasteiger partial charge < -0.3 is 0 Å². The first-order valence-electron chi connectivity index (χ1n) is 5.42. The van der Waals surface area contributed by atoms with Crippen LogP contribution in [-0.2, 0) is 4.79 Å². The normalized spacial score (nSPS) is 12.2. The first-order chi connectivity index (χ1) is 8.56. The van der Waals surface area contributed by atoms with Crippen molar-refractivity contribution in [2.45, 2.75) is 19.2 Å². The van der Waals surface area contributed by atoms with Gasteiger partial charge in [-0.2, -0.15) is 0 Å². The number of anilines is 1. The molecule has 1 unspecified atom stereocenters. The summed E-state index contributed by atoms with van der Waals surface area (Å²) < 4.78 is 0. The standard InChI is InChI=1S/C12H12ClN3OS/c1-7-3-5-9(6-4-7)11-15-16-12(18-11)14-10(17)8(2)13/h3-6,8H,1-2H3,(H,14,16,17). The second-order valence-corrected chi connectivity index (χ2v) is 5.52. The molecule has 2 rings (SSSR count). The van der Waals surface area contributed by atoms with E-state index in [4.69, 9.17) is 11.6 Å². The lowest BCUT2D eigenvalue weighted by molar-refractivity contribution is -0.115. The Hall–Kier alpha value is -1.46. The van der Waals surface area contributed by atoms with Gasteiger partial charge in [-0.1, -0.05) is 41.2 Å². The summed E-state index contributed by atoms with van der Waals surface area (Å²) in [6, 6.07) is 7.98. The minimum absolute atomic E-state index is 0.275. The zero-order valence-electron chi connectivity index (χ0n) is 9.98. The number of alkyl halides is 1. The van der Waals surface area contributed by atoms with Crippen molar-refractivity contribution in [3.8, 4) is 10.6 Å². The zero-order chi connectivity index (χ0) is 13.1. The van der Waals surface area contributed by atoms with Crippen LogP contribution >= 0.6 is 22.9 Å². The first kappa shape index (κ1) is 13.0. The molecule has 0 radical (unpaired) electrons. The number of amides is 1. The number of halogens is 1. The second kappa shape index (κ2) is 5.46. The van der Waals surface area contributed by atoms with Crippen LogP contribution in [0.4, 0.5) is 5.13 Å². The molecule has 0 saturated heterocycles. The summed E-state index contributed by atoms with van der Waals surface area (Å²) in [4.78, 5) is 11.4. The SMILES string of the molecule is Cc1ccc(-c2nnc(NC(=O)C(C)Cl)s2)cc1. The van der Waals surface area contributed by atoms with Crippen LogP contribution in [0.3, 0.4) is 0 Å². The fourth-order valence-corrected chi connectivity index (χ4v) is 2.10. The number of hydrogen-bond acceptors (Lipinski definition) is 4. The molecule has 2 aromatic rings. The van der Waals surface area contributed by atoms with E-state index in [-0.39, 0.29) is 5.91 Å². The van der Waals surface area contributed by atoms with Crippen LogP contribution in [0.15, 0.2) is 24.3 Å². The minimum Gasteiger partial charge on any atom is -0.299 e. The van der Waals surface area contributed by atoms with Crippen LogP contribution < -0.4 is 5.32 Å². The van der Waals surface area contributed by atoms with Gasteiger partial charge in [0.1, 0.15) is 10.4 Å². The molecule has 1 atom stereocenters. The van der Waals surface area contributed by atoms with Crippen LogP contribution in [0.5, 0.6) is 0 Å². The molecule has 94 valence electrons. The van der Waals surface area contributed by atoms with Crippen LogP contribution in [0.25, 0.3) is 10.6 Å². The molecule has 18 heavy (non-hydrogen) atoms. The Kier molecular flexibility index (Phi) is 3.93. The van der Waals surface area contributed by atoms with E-state index in [1.807, 2.05) is 31.2 Å². The summed E-state index contributed by atoms with van der Waals surface area (Å²) in [5.41, 5.74) is 2.17. The number of hydrogen-bond donors (Lipinski definition) is 1. The highest BCUT2D eigenvalue weighted by Gasteiger charge is 2.13. The summed E-state index contributed by atoms with van der Waals surface area (Å²) in [6.07, 6.45) is 0. The van der Waals surface area contributed by atoms with E-state index in [2.05, 4.69) is 15.5 Å². The molecule has 6 heteroatoms.